The van der Waals surface area contributed by atoms with Gasteiger partial charge in [-0.05, 0) is 31.0 Å². The Morgan fingerprint density at radius 1 is 1.03 bits per heavy atom. The lowest BCUT2D eigenvalue weighted by molar-refractivity contribution is -0.142. The van der Waals surface area contributed by atoms with Crippen LogP contribution in [0.15, 0.2) is 41.8 Å². The minimum Gasteiger partial charge on any atom is -0.464 e. The molecule has 12 heteroatoms. The van der Waals surface area contributed by atoms with Gasteiger partial charge in [0.15, 0.2) is 5.65 Å². The predicted molar refractivity (Wildman–Crippen MR) is 146 cm³/mol. The minimum absolute atomic E-state index is 0.0103. The Labute approximate surface area is 220 Å². The molecule has 12 nitrogen and oxygen atoms in total. The molecule has 0 fully saturated rings. The zero-order valence-electron chi connectivity index (χ0n) is 22.4. The Kier molecular flexibility index (Phi) is 6.49. The molecule has 39 heavy (non-hydrogen) atoms. The van der Waals surface area contributed by atoms with E-state index in [4.69, 9.17) is 9.15 Å². The first-order valence-electron chi connectivity index (χ1n) is 12.8. The smallest absolute Gasteiger partial charge is 0.352 e. The van der Waals surface area contributed by atoms with Crippen molar-refractivity contribution < 1.29 is 13.9 Å². The van der Waals surface area contributed by atoms with Crippen LogP contribution >= 0.6 is 0 Å². The Balaban J connectivity index is 1.99. The van der Waals surface area contributed by atoms with Gasteiger partial charge in [0, 0.05) is 38.3 Å². The van der Waals surface area contributed by atoms with Crippen LogP contribution in [-0.4, -0.2) is 35.8 Å². The number of ether oxygens (including phenoxy) is 1. The fourth-order valence-corrected chi connectivity index (χ4v) is 5.11. The lowest BCUT2D eigenvalue weighted by atomic mass is 10.2. The molecule has 0 saturated heterocycles. The van der Waals surface area contributed by atoms with Gasteiger partial charge >= 0.3 is 17.3 Å². The van der Waals surface area contributed by atoms with E-state index in [0.29, 0.717) is 34.7 Å². The van der Waals surface area contributed by atoms with Crippen LogP contribution in [0.5, 0.6) is 0 Å². The molecule has 0 aliphatic carbocycles. The van der Waals surface area contributed by atoms with Crippen molar-refractivity contribution in [2.45, 2.75) is 52.6 Å². The van der Waals surface area contributed by atoms with E-state index in [1.165, 1.54) is 25.6 Å². The van der Waals surface area contributed by atoms with E-state index in [2.05, 4.69) is 4.98 Å². The second-order valence-electron chi connectivity index (χ2n) is 9.68. The molecule has 204 valence electrons. The van der Waals surface area contributed by atoms with Gasteiger partial charge in [-0.25, -0.2) is 9.59 Å². The largest absolute Gasteiger partial charge is 0.464 e. The number of furan rings is 1. The Morgan fingerprint density at radius 2 is 1.77 bits per heavy atom. The van der Waals surface area contributed by atoms with Crippen molar-refractivity contribution >= 4 is 50.0 Å². The molecular formula is C27H29N5O7. The monoisotopic (exact) mass is 535 g/mol. The highest BCUT2D eigenvalue weighted by Gasteiger charge is 2.25. The summed E-state index contributed by atoms with van der Waals surface area (Å²) in [6.07, 6.45) is 1.92. The highest BCUT2D eigenvalue weighted by molar-refractivity contribution is 6.12. The summed E-state index contributed by atoms with van der Waals surface area (Å²) in [4.78, 5) is 68.4. The molecule has 5 rings (SSSR count). The third-order valence-electron chi connectivity index (χ3n) is 7.23. The Bertz CT molecular complexity index is 2040. The third-order valence-corrected chi connectivity index (χ3v) is 7.23. The van der Waals surface area contributed by atoms with E-state index in [0.717, 1.165) is 15.6 Å². The van der Waals surface area contributed by atoms with Crippen LogP contribution in [0.2, 0.25) is 0 Å². The Hall–Kier alpha value is -4.48. The van der Waals surface area contributed by atoms with Crippen LogP contribution in [0.25, 0.3) is 44.0 Å². The van der Waals surface area contributed by atoms with Crippen molar-refractivity contribution in [3.05, 3.63) is 59.9 Å². The lowest BCUT2D eigenvalue weighted by Crippen LogP contribution is -2.36. The zero-order chi connectivity index (χ0) is 28.2. The van der Waals surface area contributed by atoms with Gasteiger partial charge in [-0.1, -0.05) is 20.3 Å². The quantitative estimate of drug-likeness (QED) is 0.289. The van der Waals surface area contributed by atoms with Gasteiger partial charge in [0.1, 0.15) is 17.6 Å². The zero-order valence-corrected chi connectivity index (χ0v) is 22.4. The van der Waals surface area contributed by atoms with Crippen LogP contribution < -0.4 is 22.5 Å². The summed E-state index contributed by atoms with van der Waals surface area (Å²) in [5, 5.41) is 1.39. The Morgan fingerprint density at radius 3 is 2.44 bits per heavy atom. The second kappa shape index (κ2) is 9.68. The highest BCUT2D eigenvalue weighted by Crippen LogP contribution is 2.34. The van der Waals surface area contributed by atoms with Gasteiger partial charge in [0.05, 0.1) is 16.9 Å². The van der Waals surface area contributed by atoms with Crippen LogP contribution in [-0.2, 0) is 30.2 Å². The summed E-state index contributed by atoms with van der Waals surface area (Å²) in [5.74, 6) is -0.466. The number of carbonyl (C=O) groups excluding carboxylic acids is 1. The fraction of sp³-hybridized carbons (Fsp3) is 0.407. The standard InChI is InChI=1S/C27H29N5O7/c1-6-8-11-31-24(35)20-16-9-10-19-17(21-23(34)29(4)27(37)30(5)25(21)39-19)12-18(16)32(22(20)28-26(31)36)15(7-2)13-38-14(3)33/h9-10,12,15H,6-8,11,13H2,1-5H3/t15-/m1/s1. The number of nitrogens with zero attached hydrogens (tertiary/aromatic N) is 5. The van der Waals surface area contributed by atoms with E-state index in [9.17, 15) is 24.0 Å². The van der Waals surface area contributed by atoms with Crippen molar-refractivity contribution in [1.29, 1.82) is 0 Å². The van der Waals surface area contributed by atoms with Gasteiger partial charge in [0.2, 0.25) is 5.71 Å². The van der Waals surface area contributed by atoms with Crippen molar-refractivity contribution in [3.63, 3.8) is 0 Å². The van der Waals surface area contributed by atoms with Crippen molar-refractivity contribution in [1.82, 2.24) is 23.3 Å². The molecule has 5 aromatic rings. The van der Waals surface area contributed by atoms with Crippen LogP contribution in [0.1, 0.15) is 46.1 Å². The number of hydrogen-bond acceptors (Lipinski definition) is 8. The van der Waals surface area contributed by atoms with Crippen molar-refractivity contribution in [2.24, 2.45) is 14.1 Å². The minimum atomic E-state index is -0.653. The van der Waals surface area contributed by atoms with Crippen LogP contribution in [0.3, 0.4) is 0 Å². The maximum Gasteiger partial charge on any atom is 0.352 e. The average Bonchev–Trinajstić information content (AvgIpc) is 3.35. The van der Waals surface area contributed by atoms with E-state index < -0.39 is 34.5 Å². The van der Waals surface area contributed by atoms with E-state index >= 15 is 0 Å². The predicted octanol–water partition coefficient (Wildman–Crippen LogP) is 2.32. The number of hydrogen-bond donors (Lipinski definition) is 0. The molecule has 0 amide bonds. The normalized spacial score (nSPS) is 12.6. The molecule has 4 heterocycles. The topological polar surface area (TPSA) is 140 Å². The molecule has 0 aliphatic rings. The molecule has 0 unspecified atom stereocenters. The summed E-state index contributed by atoms with van der Waals surface area (Å²) in [6, 6.07) is 4.58. The number of unbranched alkanes of at least 4 members (excludes halogenated alkanes) is 1. The molecule has 4 aromatic heterocycles. The third kappa shape index (κ3) is 3.98. The lowest BCUT2D eigenvalue weighted by Gasteiger charge is -2.18. The highest BCUT2D eigenvalue weighted by atomic mass is 16.5. The van der Waals surface area contributed by atoms with Crippen LogP contribution in [0.4, 0.5) is 0 Å². The van der Waals surface area contributed by atoms with Gasteiger partial charge in [-0.2, -0.15) is 4.98 Å². The number of fused-ring (bicyclic) bond motifs is 6. The molecular weight excluding hydrogens is 506 g/mol. The molecule has 1 atom stereocenters. The number of aromatic nitrogens is 5. The first-order chi connectivity index (χ1) is 18.6. The molecule has 0 saturated carbocycles. The molecule has 0 spiro atoms. The molecule has 0 N–H and O–H groups in total. The summed E-state index contributed by atoms with van der Waals surface area (Å²) >= 11 is 0. The first kappa shape index (κ1) is 26.1. The SMILES string of the molecule is CCCCn1c(=O)nc2c(c1=O)c1ccc3oc4c(c(=O)n(C)c(=O)n4C)c3cc1n2[C@H](CC)COC(C)=O. The molecule has 1 aromatic carbocycles. The van der Waals surface area contributed by atoms with Crippen LogP contribution in [0, 0.1) is 0 Å². The summed E-state index contributed by atoms with van der Waals surface area (Å²) < 4.78 is 16.4. The summed E-state index contributed by atoms with van der Waals surface area (Å²) in [6.45, 7) is 5.39. The molecule has 0 bridgehead atoms. The summed E-state index contributed by atoms with van der Waals surface area (Å²) in [7, 11) is 2.91. The second-order valence-corrected chi connectivity index (χ2v) is 9.68. The van der Waals surface area contributed by atoms with Gasteiger partial charge in [-0.3, -0.25) is 28.1 Å². The van der Waals surface area contributed by atoms with Gasteiger partial charge in [-0.15, -0.1) is 0 Å². The molecule has 0 radical (unpaired) electrons. The number of carbonyl (C=O) groups is 1. The van der Waals surface area contributed by atoms with Crippen molar-refractivity contribution in [3.8, 4) is 0 Å². The van der Waals surface area contributed by atoms with E-state index in [1.807, 2.05) is 13.8 Å². The first-order valence-corrected chi connectivity index (χ1v) is 12.8. The van der Waals surface area contributed by atoms with Gasteiger partial charge in [0.25, 0.3) is 11.1 Å². The maximum atomic E-state index is 13.7. The van der Waals surface area contributed by atoms with E-state index in [1.54, 1.807) is 22.8 Å². The van der Waals surface area contributed by atoms with Crippen molar-refractivity contribution in [2.75, 3.05) is 6.61 Å². The number of rotatable bonds is 7. The fourth-order valence-electron chi connectivity index (χ4n) is 5.11. The van der Waals surface area contributed by atoms with E-state index in [-0.39, 0.29) is 35.3 Å². The van der Waals surface area contributed by atoms with Gasteiger partial charge < -0.3 is 13.7 Å². The number of aryl methyl sites for hydroxylation is 1. The number of esters is 1. The average molecular weight is 536 g/mol. The maximum absolute atomic E-state index is 13.7. The summed E-state index contributed by atoms with van der Waals surface area (Å²) in [5.41, 5.74) is -1.02. The molecule has 0 aliphatic heterocycles.